The highest BCUT2D eigenvalue weighted by molar-refractivity contribution is 7.71. The van der Waals surface area contributed by atoms with E-state index in [9.17, 15) is 4.79 Å². The van der Waals surface area contributed by atoms with E-state index in [1.807, 2.05) is 12.1 Å². The molecule has 0 saturated carbocycles. The van der Waals surface area contributed by atoms with Crippen LogP contribution in [0.5, 0.6) is 11.5 Å². The molecule has 0 radical (unpaired) electrons. The number of carbonyl (C=O) groups excluding carboxylic acids is 1. The number of aromatic nitrogens is 3. The van der Waals surface area contributed by atoms with Crippen LogP contribution in [0.2, 0.25) is 5.02 Å². The summed E-state index contributed by atoms with van der Waals surface area (Å²) in [6.07, 6.45) is 0. The lowest BCUT2D eigenvalue weighted by molar-refractivity contribution is 0.0949. The van der Waals surface area contributed by atoms with Gasteiger partial charge in [0.05, 0.1) is 13.7 Å². The fraction of sp³-hybridized carbons (Fsp3) is 0.211. The van der Waals surface area contributed by atoms with Crippen molar-refractivity contribution in [2.45, 2.75) is 13.2 Å². The Kier molecular flexibility index (Phi) is 6.33. The van der Waals surface area contributed by atoms with Gasteiger partial charge in [0, 0.05) is 17.6 Å². The Hall–Kier alpha value is -2.84. The Labute approximate surface area is 172 Å². The summed E-state index contributed by atoms with van der Waals surface area (Å²) >= 11 is 10.9. The molecular formula is C19H19ClN4O3S. The van der Waals surface area contributed by atoms with Crippen molar-refractivity contribution in [1.29, 1.82) is 0 Å². The number of hydrogen-bond acceptors (Lipinski definition) is 5. The van der Waals surface area contributed by atoms with Crippen LogP contribution in [0.1, 0.15) is 21.7 Å². The highest BCUT2D eigenvalue weighted by Gasteiger charge is 2.12. The van der Waals surface area contributed by atoms with Gasteiger partial charge >= 0.3 is 0 Å². The molecule has 28 heavy (non-hydrogen) atoms. The smallest absolute Gasteiger partial charge is 0.251 e. The van der Waals surface area contributed by atoms with Gasteiger partial charge in [-0.05, 0) is 48.1 Å². The van der Waals surface area contributed by atoms with Crippen LogP contribution < -0.4 is 14.8 Å². The van der Waals surface area contributed by atoms with Crippen LogP contribution in [-0.2, 0) is 20.2 Å². The Morgan fingerprint density at radius 1 is 1.25 bits per heavy atom. The molecule has 0 spiro atoms. The fourth-order valence-corrected chi connectivity index (χ4v) is 2.75. The van der Waals surface area contributed by atoms with Crippen molar-refractivity contribution in [3.63, 3.8) is 0 Å². The third-order valence-corrected chi connectivity index (χ3v) is 4.73. The van der Waals surface area contributed by atoms with E-state index in [0.717, 1.165) is 5.56 Å². The molecule has 9 heteroatoms. The van der Waals surface area contributed by atoms with Crippen LogP contribution in [-0.4, -0.2) is 27.8 Å². The zero-order valence-corrected chi connectivity index (χ0v) is 16.9. The van der Waals surface area contributed by atoms with Crippen LogP contribution in [0.4, 0.5) is 0 Å². The first-order valence-electron chi connectivity index (χ1n) is 8.41. The maximum absolute atomic E-state index is 12.4. The minimum absolute atomic E-state index is 0.250. The summed E-state index contributed by atoms with van der Waals surface area (Å²) in [5.41, 5.74) is 1.42. The molecule has 146 valence electrons. The average Bonchev–Trinajstić information content (AvgIpc) is 3.03. The number of nitrogens with zero attached hydrogens (tertiary/aromatic N) is 2. The van der Waals surface area contributed by atoms with Gasteiger partial charge in [-0.25, -0.2) is 0 Å². The number of nitrogens with one attached hydrogen (secondary N) is 2. The number of amides is 1. The van der Waals surface area contributed by atoms with Gasteiger partial charge in [0.15, 0.2) is 22.1 Å². The lowest BCUT2D eigenvalue weighted by Gasteiger charge is -2.12. The van der Waals surface area contributed by atoms with Crippen molar-refractivity contribution in [1.82, 2.24) is 20.1 Å². The van der Waals surface area contributed by atoms with Gasteiger partial charge in [-0.1, -0.05) is 23.7 Å². The van der Waals surface area contributed by atoms with Gasteiger partial charge in [0.25, 0.3) is 5.91 Å². The SMILES string of the molecule is COc1cc(C(=O)NCc2n[nH]c(=S)n2C)ccc1OCc1ccc(Cl)cc1. The van der Waals surface area contributed by atoms with E-state index in [2.05, 4.69) is 15.5 Å². The molecule has 0 fully saturated rings. The summed E-state index contributed by atoms with van der Waals surface area (Å²) < 4.78 is 13.4. The van der Waals surface area contributed by atoms with E-state index in [0.29, 0.717) is 39.3 Å². The lowest BCUT2D eigenvalue weighted by Crippen LogP contribution is -2.24. The summed E-state index contributed by atoms with van der Waals surface area (Å²) in [4.78, 5) is 12.4. The maximum Gasteiger partial charge on any atom is 0.251 e. The maximum atomic E-state index is 12.4. The number of H-pyrrole nitrogens is 1. The number of benzene rings is 2. The topological polar surface area (TPSA) is 81.2 Å². The van der Waals surface area contributed by atoms with Gasteiger partial charge in [-0.3, -0.25) is 9.89 Å². The van der Waals surface area contributed by atoms with Gasteiger partial charge in [-0.2, -0.15) is 5.10 Å². The highest BCUT2D eigenvalue weighted by Crippen LogP contribution is 2.29. The number of hydrogen-bond donors (Lipinski definition) is 2. The first-order valence-corrected chi connectivity index (χ1v) is 9.20. The minimum atomic E-state index is -0.253. The molecule has 0 unspecified atom stereocenters. The second-order valence-electron chi connectivity index (χ2n) is 5.97. The summed E-state index contributed by atoms with van der Waals surface area (Å²) in [5.74, 6) is 1.40. The quantitative estimate of drug-likeness (QED) is 0.572. The Bertz CT molecular complexity index is 1030. The van der Waals surface area contributed by atoms with Crippen molar-refractivity contribution >= 4 is 29.7 Å². The zero-order valence-electron chi connectivity index (χ0n) is 15.4. The molecule has 7 nitrogen and oxygen atoms in total. The summed E-state index contributed by atoms with van der Waals surface area (Å²) in [7, 11) is 3.31. The van der Waals surface area contributed by atoms with Gasteiger partial charge in [0.2, 0.25) is 0 Å². The lowest BCUT2D eigenvalue weighted by atomic mass is 10.2. The van der Waals surface area contributed by atoms with Crippen LogP contribution >= 0.6 is 23.8 Å². The molecule has 3 aromatic rings. The van der Waals surface area contributed by atoms with Crippen molar-refractivity contribution in [2.24, 2.45) is 7.05 Å². The average molecular weight is 419 g/mol. The van der Waals surface area contributed by atoms with E-state index < -0.39 is 0 Å². The van der Waals surface area contributed by atoms with Crippen LogP contribution in [0.3, 0.4) is 0 Å². The normalized spacial score (nSPS) is 10.5. The molecule has 2 aromatic carbocycles. The molecule has 0 atom stereocenters. The Morgan fingerprint density at radius 2 is 2.00 bits per heavy atom. The second kappa shape index (κ2) is 8.90. The fourth-order valence-electron chi connectivity index (χ4n) is 2.47. The third kappa shape index (κ3) is 4.71. The van der Waals surface area contributed by atoms with Crippen LogP contribution in [0.25, 0.3) is 0 Å². The summed E-state index contributed by atoms with van der Waals surface area (Å²) in [5, 5.41) is 10.2. The molecule has 1 amide bonds. The van der Waals surface area contributed by atoms with Crippen molar-refractivity contribution in [3.8, 4) is 11.5 Å². The highest BCUT2D eigenvalue weighted by atomic mass is 35.5. The number of halogens is 1. The number of carbonyl (C=O) groups is 1. The van der Waals surface area contributed by atoms with E-state index in [-0.39, 0.29) is 12.5 Å². The third-order valence-electron chi connectivity index (χ3n) is 4.11. The Balaban J connectivity index is 1.66. The van der Waals surface area contributed by atoms with Gasteiger partial charge in [-0.15, -0.1) is 0 Å². The van der Waals surface area contributed by atoms with Crippen molar-refractivity contribution < 1.29 is 14.3 Å². The Morgan fingerprint density at radius 3 is 2.64 bits per heavy atom. The van der Waals surface area contributed by atoms with E-state index >= 15 is 0 Å². The summed E-state index contributed by atoms with van der Waals surface area (Å²) in [6.45, 7) is 0.609. The van der Waals surface area contributed by atoms with Crippen molar-refractivity contribution in [3.05, 3.63) is 69.2 Å². The van der Waals surface area contributed by atoms with Crippen LogP contribution in [0.15, 0.2) is 42.5 Å². The predicted molar refractivity (Wildman–Crippen MR) is 108 cm³/mol. The van der Waals surface area contributed by atoms with Crippen LogP contribution in [0, 0.1) is 4.77 Å². The molecule has 0 saturated heterocycles. The first-order chi connectivity index (χ1) is 13.5. The number of rotatable bonds is 7. The van der Waals surface area contributed by atoms with E-state index in [1.54, 1.807) is 41.9 Å². The van der Waals surface area contributed by atoms with Gasteiger partial charge < -0.3 is 19.4 Å². The molecule has 0 bridgehead atoms. The molecule has 1 aromatic heterocycles. The second-order valence-corrected chi connectivity index (χ2v) is 6.79. The van der Waals surface area contributed by atoms with Crippen molar-refractivity contribution in [2.75, 3.05) is 7.11 Å². The van der Waals surface area contributed by atoms with E-state index in [1.165, 1.54) is 7.11 Å². The monoisotopic (exact) mass is 418 g/mol. The molecule has 0 aliphatic heterocycles. The zero-order chi connectivity index (χ0) is 20.1. The number of methoxy groups -OCH3 is 1. The standard InChI is InChI=1S/C19H19ClN4O3S/c1-24-17(22-23-19(24)28)10-21-18(25)13-5-8-15(16(9-13)26-2)27-11-12-3-6-14(20)7-4-12/h3-9H,10-11H2,1-2H3,(H,21,25)(H,23,28). The minimum Gasteiger partial charge on any atom is -0.493 e. The molecule has 0 aliphatic carbocycles. The molecular weight excluding hydrogens is 400 g/mol. The molecule has 0 aliphatic rings. The van der Waals surface area contributed by atoms with Gasteiger partial charge in [0.1, 0.15) is 6.61 Å². The molecule has 2 N–H and O–H groups in total. The molecule has 1 heterocycles. The number of aromatic amines is 1. The first kappa shape index (κ1) is 19.9. The van der Waals surface area contributed by atoms with E-state index in [4.69, 9.17) is 33.3 Å². The molecule has 3 rings (SSSR count). The largest absolute Gasteiger partial charge is 0.493 e. The predicted octanol–water partition coefficient (Wildman–Crippen LogP) is 3.65. The number of ether oxygens (including phenoxy) is 2. The summed E-state index contributed by atoms with van der Waals surface area (Å²) in [6, 6.07) is 12.4.